The van der Waals surface area contributed by atoms with E-state index in [0.29, 0.717) is 11.0 Å². The Morgan fingerprint density at radius 2 is 1.94 bits per heavy atom. The predicted octanol–water partition coefficient (Wildman–Crippen LogP) is 3.65. The van der Waals surface area contributed by atoms with E-state index in [1.165, 1.54) is 0 Å². The number of hydrogen-bond acceptors (Lipinski definition) is 3. The molecule has 0 saturated carbocycles. The second-order valence-corrected chi connectivity index (χ2v) is 4.39. The number of aromatic nitrogens is 3. The fourth-order valence-corrected chi connectivity index (χ4v) is 2.22. The second-order valence-electron chi connectivity index (χ2n) is 4.00. The third-order valence-electron chi connectivity index (χ3n) is 2.73. The summed E-state index contributed by atoms with van der Waals surface area (Å²) in [5.41, 5.74) is 2.79. The summed E-state index contributed by atoms with van der Waals surface area (Å²) in [7, 11) is 0. The molecule has 3 rings (SSSR count). The Balaban J connectivity index is 2.31. The van der Waals surface area contributed by atoms with E-state index in [-0.39, 0.29) is 0 Å². The molecule has 0 aliphatic rings. The largest absolute Gasteiger partial charge is 0.256 e. The first-order valence-electron chi connectivity index (χ1n) is 5.59. The fraction of sp³-hybridized carbons (Fsp3) is 0.0714. The normalized spacial score (nSPS) is 10.8. The number of nitrogens with zero attached hydrogens (tertiary/aromatic N) is 3. The molecule has 0 aliphatic carbocycles. The van der Waals surface area contributed by atoms with Crippen molar-refractivity contribution in [1.82, 2.24) is 15.0 Å². The van der Waals surface area contributed by atoms with Crippen molar-refractivity contribution in [1.29, 1.82) is 0 Å². The maximum absolute atomic E-state index is 5.98. The van der Waals surface area contributed by atoms with E-state index in [1.54, 1.807) is 12.3 Å². The SMILES string of the molecule is Cc1nc(Cl)cc(-c2cccc3ncccc23)n1. The average Bonchev–Trinajstić information content (AvgIpc) is 2.37. The molecule has 2 heterocycles. The van der Waals surface area contributed by atoms with E-state index >= 15 is 0 Å². The maximum atomic E-state index is 5.98. The Hall–Kier alpha value is -2.00. The van der Waals surface area contributed by atoms with Crippen molar-refractivity contribution in [3.63, 3.8) is 0 Å². The minimum Gasteiger partial charge on any atom is -0.256 e. The molecule has 2 aromatic heterocycles. The zero-order valence-corrected chi connectivity index (χ0v) is 10.5. The Morgan fingerprint density at radius 1 is 1.06 bits per heavy atom. The summed E-state index contributed by atoms with van der Waals surface area (Å²) >= 11 is 5.98. The lowest BCUT2D eigenvalue weighted by Crippen LogP contribution is -1.92. The first kappa shape index (κ1) is 11.1. The van der Waals surface area contributed by atoms with Crippen LogP contribution in [0.5, 0.6) is 0 Å². The van der Waals surface area contributed by atoms with Gasteiger partial charge in [0, 0.05) is 23.2 Å². The molecule has 88 valence electrons. The Morgan fingerprint density at radius 3 is 2.78 bits per heavy atom. The van der Waals surface area contributed by atoms with Crippen LogP contribution in [0.15, 0.2) is 42.6 Å². The van der Waals surface area contributed by atoms with Crippen LogP contribution in [0.25, 0.3) is 22.2 Å². The molecule has 3 nitrogen and oxygen atoms in total. The Bertz CT molecular complexity index is 700. The number of benzene rings is 1. The summed E-state index contributed by atoms with van der Waals surface area (Å²) in [5, 5.41) is 1.52. The topological polar surface area (TPSA) is 38.7 Å². The molecule has 0 amide bonds. The number of halogens is 1. The average molecular weight is 256 g/mol. The third kappa shape index (κ3) is 1.93. The van der Waals surface area contributed by atoms with Gasteiger partial charge >= 0.3 is 0 Å². The molecule has 0 fully saturated rings. The molecule has 18 heavy (non-hydrogen) atoms. The first-order valence-corrected chi connectivity index (χ1v) is 5.97. The molecule has 0 bridgehead atoms. The number of rotatable bonds is 1. The molecule has 0 N–H and O–H groups in total. The molecule has 0 radical (unpaired) electrons. The van der Waals surface area contributed by atoms with Gasteiger partial charge in [-0.05, 0) is 19.1 Å². The highest BCUT2D eigenvalue weighted by Crippen LogP contribution is 2.27. The summed E-state index contributed by atoms with van der Waals surface area (Å²) < 4.78 is 0. The van der Waals surface area contributed by atoms with Crippen molar-refractivity contribution >= 4 is 22.5 Å². The van der Waals surface area contributed by atoms with Gasteiger partial charge in [-0.2, -0.15) is 0 Å². The third-order valence-corrected chi connectivity index (χ3v) is 2.92. The van der Waals surface area contributed by atoms with Crippen molar-refractivity contribution in [2.75, 3.05) is 0 Å². The van der Waals surface area contributed by atoms with E-state index in [2.05, 4.69) is 15.0 Å². The molecule has 0 saturated heterocycles. The van der Waals surface area contributed by atoms with Gasteiger partial charge in [0.25, 0.3) is 0 Å². The van der Waals surface area contributed by atoms with Crippen LogP contribution < -0.4 is 0 Å². The van der Waals surface area contributed by atoms with Gasteiger partial charge in [-0.3, -0.25) is 4.98 Å². The summed E-state index contributed by atoms with van der Waals surface area (Å²) in [4.78, 5) is 12.8. The van der Waals surface area contributed by atoms with Gasteiger partial charge in [0.05, 0.1) is 11.2 Å². The first-order chi connectivity index (χ1) is 8.74. The lowest BCUT2D eigenvalue weighted by molar-refractivity contribution is 1.06. The van der Waals surface area contributed by atoms with Gasteiger partial charge in [-0.15, -0.1) is 0 Å². The standard InChI is InChI=1S/C14H10ClN3/c1-9-17-13(8-14(15)18-9)11-4-2-6-12-10(11)5-3-7-16-12/h2-8H,1H3. The number of fused-ring (bicyclic) bond motifs is 1. The van der Waals surface area contributed by atoms with E-state index in [4.69, 9.17) is 11.6 Å². The summed E-state index contributed by atoms with van der Waals surface area (Å²) in [6, 6.07) is 11.7. The van der Waals surface area contributed by atoms with Crippen molar-refractivity contribution in [2.24, 2.45) is 0 Å². The summed E-state index contributed by atoms with van der Waals surface area (Å²) in [6.07, 6.45) is 1.78. The second kappa shape index (κ2) is 4.35. The van der Waals surface area contributed by atoms with Crippen molar-refractivity contribution in [3.05, 3.63) is 53.6 Å². The smallest absolute Gasteiger partial charge is 0.133 e. The van der Waals surface area contributed by atoms with Gasteiger partial charge in [0.1, 0.15) is 11.0 Å². The highest BCUT2D eigenvalue weighted by Gasteiger charge is 2.07. The molecule has 3 aromatic rings. The van der Waals surface area contributed by atoms with Crippen LogP contribution in [0.3, 0.4) is 0 Å². The van der Waals surface area contributed by atoms with E-state index in [1.807, 2.05) is 37.3 Å². The van der Waals surface area contributed by atoms with Crippen LogP contribution in [0.2, 0.25) is 5.15 Å². The van der Waals surface area contributed by atoms with Crippen LogP contribution in [-0.2, 0) is 0 Å². The number of hydrogen-bond donors (Lipinski definition) is 0. The molecule has 0 spiro atoms. The highest BCUT2D eigenvalue weighted by molar-refractivity contribution is 6.29. The molecule has 0 aliphatic heterocycles. The van der Waals surface area contributed by atoms with Crippen molar-refractivity contribution in [3.8, 4) is 11.3 Å². The monoisotopic (exact) mass is 255 g/mol. The van der Waals surface area contributed by atoms with Crippen LogP contribution >= 0.6 is 11.6 Å². The molecular weight excluding hydrogens is 246 g/mol. The lowest BCUT2D eigenvalue weighted by Gasteiger charge is -2.06. The quantitative estimate of drug-likeness (QED) is 0.623. The van der Waals surface area contributed by atoms with Crippen LogP contribution in [0.1, 0.15) is 5.82 Å². The molecular formula is C14H10ClN3. The van der Waals surface area contributed by atoms with Gasteiger partial charge in [-0.1, -0.05) is 29.8 Å². The molecule has 0 unspecified atom stereocenters. The van der Waals surface area contributed by atoms with E-state index < -0.39 is 0 Å². The summed E-state index contributed by atoms with van der Waals surface area (Å²) in [6.45, 7) is 1.83. The van der Waals surface area contributed by atoms with E-state index in [0.717, 1.165) is 22.2 Å². The minimum absolute atomic E-state index is 0.457. The number of aryl methyl sites for hydroxylation is 1. The number of pyridine rings is 1. The van der Waals surface area contributed by atoms with Gasteiger partial charge < -0.3 is 0 Å². The molecule has 0 atom stereocenters. The van der Waals surface area contributed by atoms with Gasteiger partial charge in [-0.25, -0.2) is 9.97 Å². The van der Waals surface area contributed by atoms with Crippen LogP contribution in [0.4, 0.5) is 0 Å². The van der Waals surface area contributed by atoms with Crippen molar-refractivity contribution < 1.29 is 0 Å². The zero-order chi connectivity index (χ0) is 12.5. The predicted molar refractivity (Wildman–Crippen MR) is 72.5 cm³/mol. The van der Waals surface area contributed by atoms with Crippen molar-refractivity contribution in [2.45, 2.75) is 6.92 Å². The fourth-order valence-electron chi connectivity index (χ4n) is 2.00. The van der Waals surface area contributed by atoms with Crippen LogP contribution in [-0.4, -0.2) is 15.0 Å². The Labute approximate surface area is 109 Å². The Kier molecular flexibility index (Phi) is 2.68. The molecule has 4 heteroatoms. The lowest BCUT2D eigenvalue weighted by atomic mass is 10.1. The molecule has 1 aromatic carbocycles. The highest BCUT2D eigenvalue weighted by atomic mass is 35.5. The summed E-state index contributed by atoms with van der Waals surface area (Å²) in [5.74, 6) is 0.665. The maximum Gasteiger partial charge on any atom is 0.133 e. The van der Waals surface area contributed by atoms with E-state index in [9.17, 15) is 0 Å². The van der Waals surface area contributed by atoms with Gasteiger partial charge in [0.2, 0.25) is 0 Å². The minimum atomic E-state index is 0.457. The van der Waals surface area contributed by atoms with Gasteiger partial charge in [0.15, 0.2) is 0 Å². The van der Waals surface area contributed by atoms with Crippen LogP contribution in [0, 0.1) is 6.92 Å². The zero-order valence-electron chi connectivity index (χ0n) is 9.76.